The first kappa shape index (κ1) is 25.9. The molecule has 0 saturated heterocycles. The number of carbonyl (C=O) groups excluding carboxylic acids is 2. The lowest BCUT2D eigenvalue weighted by molar-refractivity contribution is -0.120. The first-order valence-electron chi connectivity index (χ1n) is 13.0. The molecule has 4 aromatic carbocycles. The van der Waals surface area contributed by atoms with Gasteiger partial charge in [-0.3, -0.25) is 9.59 Å². The molecular formula is C35H30O4. The zero-order valence-corrected chi connectivity index (χ0v) is 22.1. The van der Waals surface area contributed by atoms with Crippen molar-refractivity contribution < 1.29 is 19.1 Å². The molecule has 194 valence electrons. The Hall–Kier alpha value is -4.70. The predicted octanol–water partition coefficient (Wildman–Crippen LogP) is 7.09. The van der Waals surface area contributed by atoms with Crippen molar-refractivity contribution in [3.05, 3.63) is 145 Å². The molecule has 0 aliphatic heterocycles. The second kappa shape index (κ2) is 10.6. The Morgan fingerprint density at radius 2 is 0.974 bits per heavy atom. The maximum absolute atomic E-state index is 12.0. The Morgan fingerprint density at radius 1 is 0.615 bits per heavy atom. The highest BCUT2D eigenvalue weighted by molar-refractivity contribution is 5.93. The van der Waals surface area contributed by atoms with E-state index in [2.05, 4.69) is 86.0 Å². The topological polar surface area (TPSA) is 52.6 Å². The number of hydrogen-bond acceptors (Lipinski definition) is 4. The number of ketones is 2. The summed E-state index contributed by atoms with van der Waals surface area (Å²) in [4.78, 5) is 23.9. The van der Waals surface area contributed by atoms with Gasteiger partial charge in [0.2, 0.25) is 0 Å². The minimum atomic E-state index is -0.613. The summed E-state index contributed by atoms with van der Waals surface area (Å²) in [7, 11) is 0. The van der Waals surface area contributed by atoms with Gasteiger partial charge in [0.05, 0.1) is 5.41 Å². The van der Waals surface area contributed by atoms with Crippen LogP contribution in [0, 0.1) is 0 Å². The Morgan fingerprint density at radius 3 is 1.33 bits per heavy atom. The van der Waals surface area contributed by atoms with Crippen LogP contribution < -0.4 is 9.47 Å². The van der Waals surface area contributed by atoms with Gasteiger partial charge in [0.15, 0.2) is 23.8 Å². The number of rotatable bonds is 10. The van der Waals surface area contributed by atoms with Crippen molar-refractivity contribution in [1.29, 1.82) is 0 Å². The molecule has 5 rings (SSSR count). The number of ether oxygens (including phenoxy) is 2. The Bertz CT molecular complexity index is 1430. The van der Waals surface area contributed by atoms with Crippen LogP contribution in [-0.4, -0.2) is 23.8 Å². The molecule has 0 heterocycles. The molecule has 0 spiro atoms. The molecule has 1 aliphatic rings. The molecule has 4 heteroatoms. The van der Waals surface area contributed by atoms with Crippen molar-refractivity contribution >= 4 is 11.6 Å². The maximum Gasteiger partial charge on any atom is 0.195 e. The first-order valence-corrected chi connectivity index (χ1v) is 13.0. The van der Waals surface area contributed by atoms with Crippen LogP contribution in [0.25, 0.3) is 11.1 Å². The van der Waals surface area contributed by atoms with E-state index in [4.69, 9.17) is 9.47 Å². The molecule has 0 saturated carbocycles. The minimum absolute atomic E-state index is 0.166. The molecule has 0 radical (unpaired) electrons. The Balaban J connectivity index is 1.64. The van der Waals surface area contributed by atoms with Crippen LogP contribution in [0.1, 0.15) is 36.1 Å². The van der Waals surface area contributed by atoms with Crippen LogP contribution in [-0.2, 0) is 15.0 Å². The first-order chi connectivity index (χ1) is 18.9. The number of fused-ring (bicyclic) bond motifs is 3. The van der Waals surface area contributed by atoms with Gasteiger partial charge in [-0.15, -0.1) is 0 Å². The predicted molar refractivity (Wildman–Crippen MR) is 154 cm³/mol. The summed E-state index contributed by atoms with van der Waals surface area (Å²) < 4.78 is 11.7. The van der Waals surface area contributed by atoms with E-state index in [-0.39, 0.29) is 11.6 Å². The highest BCUT2D eigenvalue weighted by atomic mass is 16.5. The van der Waals surface area contributed by atoms with Gasteiger partial charge in [-0.25, -0.2) is 0 Å². The van der Waals surface area contributed by atoms with Crippen molar-refractivity contribution in [3.8, 4) is 22.6 Å². The van der Waals surface area contributed by atoms with Crippen LogP contribution in [0.4, 0.5) is 0 Å². The molecule has 0 amide bonds. The van der Waals surface area contributed by atoms with Crippen molar-refractivity contribution in [2.75, 3.05) is 0 Å². The summed E-state index contributed by atoms with van der Waals surface area (Å²) in [6, 6.07) is 32.9. The molecular weight excluding hydrogens is 484 g/mol. The number of hydrogen-bond donors (Lipinski definition) is 0. The number of benzene rings is 4. The molecule has 4 aromatic rings. The normalized spacial score (nSPS) is 14.3. The summed E-state index contributed by atoms with van der Waals surface area (Å²) in [5, 5.41) is 0. The van der Waals surface area contributed by atoms with Crippen molar-refractivity contribution in [2.24, 2.45) is 0 Å². The summed E-state index contributed by atoms with van der Waals surface area (Å²) in [5.74, 6) is 0.891. The fourth-order valence-corrected chi connectivity index (χ4v) is 5.45. The van der Waals surface area contributed by atoms with Gasteiger partial charge in [0, 0.05) is 0 Å². The molecule has 2 unspecified atom stereocenters. The fraction of sp³-hybridized carbons (Fsp3) is 0.143. The van der Waals surface area contributed by atoms with Crippen molar-refractivity contribution in [1.82, 2.24) is 0 Å². The number of carbonyl (C=O) groups is 2. The van der Waals surface area contributed by atoms with E-state index in [0.29, 0.717) is 11.5 Å². The lowest BCUT2D eigenvalue weighted by Crippen LogP contribution is -2.28. The molecule has 1 aliphatic carbocycles. The summed E-state index contributed by atoms with van der Waals surface area (Å²) in [5.41, 5.74) is 6.28. The Labute approximate surface area is 229 Å². The fourth-order valence-electron chi connectivity index (χ4n) is 5.45. The quantitative estimate of drug-likeness (QED) is 0.187. The van der Waals surface area contributed by atoms with Crippen LogP contribution in [0.3, 0.4) is 0 Å². The Kier molecular flexibility index (Phi) is 7.03. The SMILES string of the molecule is C=CC(=O)C(C)Oc1ccc(C2(c3ccc(OC(C)C(=O)C=C)cc3)c3ccccc3-c3ccccc32)cc1. The summed E-state index contributed by atoms with van der Waals surface area (Å²) >= 11 is 0. The van der Waals surface area contributed by atoms with Crippen LogP contribution in [0.5, 0.6) is 11.5 Å². The molecule has 0 aromatic heterocycles. The standard InChI is InChI=1S/C35H30O4/c1-5-33(36)23(3)38-27-19-15-25(16-20-27)35(26-17-21-28(22-18-26)39-24(4)34(37)6-2)31-13-9-7-11-29(31)30-12-8-10-14-32(30)35/h5-24H,1-2H2,3-4H3. The molecule has 0 fully saturated rings. The van der Waals surface area contributed by atoms with Crippen molar-refractivity contribution in [3.63, 3.8) is 0 Å². The summed E-state index contributed by atoms with van der Waals surface area (Å²) in [6.45, 7) is 10.5. The van der Waals surface area contributed by atoms with E-state index in [9.17, 15) is 9.59 Å². The van der Waals surface area contributed by atoms with E-state index in [1.54, 1.807) is 13.8 Å². The van der Waals surface area contributed by atoms with Gasteiger partial charge in [-0.2, -0.15) is 0 Å². The summed E-state index contributed by atoms with van der Waals surface area (Å²) in [6.07, 6.45) is 1.33. The zero-order chi connectivity index (χ0) is 27.6. The van der Waals surface area contributed by atoms with Crippen LogP contribution in [0.2, 0.25) is 0 Å². The van der Waals surface area contributed by atoms with E-state index in [1.165, 1.54) is 34.4 Å². The second-order valence-electron chi connectivity index (χ2n) is 9.62. The van der Waals surface area contributed by atoms with Gasteiger partial charge in [-0.05, 0) is 83.6 Å². The van der Waals surface area contributed by atoms with Crippen LogP contribution in [0.15, 0.2) is 122 Å². The third-order valence-corrected chi connectivity index (χ3v) is 7.36. The smallest absolute Gasteiger partial charge is 0.195 e. The zero-order valence-electron chi connectivity index (χ0n) is 22.1. The monoisotopic (exact) mass is 514 g/mol. The van der Waals surface area contributed by atoms with Gasteiger partial charge in [0.25, 0.3) is 0 Å². The van der Waals surface area contributed by atoms with Crippen LogP contribution >= 0.6 is 0 Å². The van der Waals surface area contributed by atoms with E-state index in [0.717, 1.165) is 11.1 Å². The second-order valence-corrected chi connectivity index (χ2v) is 9.62. The lowest BCUT2D eigenvalue weighted by Gasteiger charge is -2.34. The average molecular weight is 515 g/mol. The average Bonchev–Trinajstić information content (AvgIpc) is 3.28. The van der Waals surface area contributed by atoms with Gasteiger partial charge >= 0.3 is 0 Å². The largest absolute Gasteiger partial charge is 0.483 e. The molecule has 0 bridgehead atoms. The van der Waals surface area contributed by atoms with Gasteiger partial charge < -0.3 is 9.47 Å². The van der Waals surface area contributed by atoms with E-state index >= 15 is 0 Å². The third kappa shape index (κ3) is 4.48. The molecule has 0 N–H and O–H groups in total. The molecule has 39 heavy (non-hydrogen) atoms. The molecule has 4 nitrogen and oxygen atoms in total. The highest BCUT2D eigenvalue weighted by Crippen LogP contribution is 2.56. The lowest BCUT2D eigenvalue weighted by atomic mass is 9.68. The maximum atomic E-state index is 12.0. The van der Waals surface area contributed by atoms with Crippen molar-refractivity contribution in [2.45, 2.75) is 31.5 Å². The third-order valence-electron chi connectivity index (χ3n) is 7.36. The van der Waals surface area contributed by atoms with E-state index in [1.807, 2.05) is 24.3 Å². The minimum Gasteiger partial charge on any atom is -0.483 e. The van der Waals surface area contributed by atoms with E-state index < -0.39 is 17.6 Å². The van der Waals surface area contributed by atoms with Gasteiger partial charge in [0.1, 0.15) is 11.5 Å². The highest BCUT2D eigenvalue weighted by Gasteiger charge is 2.45. The van der Waals surface area contributed by atoms with Gasteiger partial charge in [-0.1, -0.05) is 86.0 Å². The molecule has 2 atom stereocenters.